The zero-order valence-electron chi connectivity index (χ0n) is 20.8. The molecule has 37 heavy (non-hydrogen) atoms. The van der Waals surface area contributed by atoms with Gasteiger partial charge in [-0.1, -0.05) is 19.3 Å². The van der Waals surface area contributed by atoms with Crippen molar-refractivity contribution in [3.63, 3.8) is 0 Å². The number of ether oxygens (including phenoxy) is 1. The molecule has 2 fully saturated rings. The van der Waals surface area contributed by atoms with Crippen LogP contribution in [0.5, 0.6) is 5.75 Å². The predicted molar refractivity (Wildman–Crippen MR) is 135 cm³/mol. The molecule has 11 heteroatoms. The Bertz CT molecular complexity index is 1260. The van der Waals surface area contributed by atoms with E-state index in [1.807, 2.05) is 19.9 Å². The Hall–Kier alpha value is -3.21. The van der Waals surface area contributed by atoms with Gasteiger partial charge in [0.25, 0.3) is 11.1 Å². The summed E-state index contributed by atoms with van der Waals surface area (Å²) in [5.74, 6) is -1.43. The van der Waals surface area contributed by atoms with Gasteiger partial charge in [0.05, 0.1) is 23.3 Å². The summed E-state index contributed by atoms with van der Waals surface area (Å²) in [6, 6.07) is 5.07. The number of halogens is 3. The Labute approximate surface area is 217 Å². The van der Waals surface area contributed by atoms with Gasteiger partial charge in [0.15, 0.2) is 0 Å². The summed E-state index contributed by atoms with van der Waals surface area (Å²) in [5, 5.41) is 1.70. The third-order valence-electron chi connectivity index (χ3n) is 6.73. The molecule has 1 saturated heterocycles. The molecule has 1 aliphatic carbocycles. The summed E-state index contributed by atoms with van der Waals surface area (Å²) in [7, 11) is 1.25. The fraction of sp³-hybridized carbons (Fsp3) is 0.423. The Balaban J connectivity index is 1.49. The average molecular weight is 536 g/mol. The number of rotatable bonds is 6. The normalized spacial score (nSPS) is 18.1. The van der Waals surface area contributed by atoms with Gasteiger partial charge in [-0.15, -0.1) is 0 Å². The summed E-state index contributed by atoms with van der Waals surface area (Å²) in [4.78, 5) is 39.1. The lowest BCUT2D eigenvalue weighted by Crippen LogP contribution is -2.36. The van der Waals surface area contributed by atoms with E-state index in [0.717, 1.165) is 64.7 Å². The molecule has 1 aliphatic heterocycles. The highest BCUT2D eigenvalue weighted by Gasteiger charge is 2.37. The lowest BCUT2D eigenvalue weighted by molar-refractivity contribution is -0.137. The van der Waals surface area contributed by atoms with Crippen molar-refractivity contribution in [2.75, 3.05) is 19.0 Å². The first kappa shape index (κ1) is 26.8. The van der Waals surface area contributed by atoms with Crippen LogP contribution >= 0.6 is 11.8 Å². The van der Waals surface area contributed by atoms with Crippen LogP contribution in [0.25, 0.3) is 6.08 Å². The number of aryl methyl sites for hydroxylation is 1. The minimum Gasteiger partial charge on any atom is -0.495 e. The largest absolute Gasteiger partial charge is 0.495 e. The van der Waals surface area contributed by atoms with Crippen LogP contribution in [0.1, 0.15) is 60.7 Å². The van der Waals surface area contributed by atoms with Gasteiger partial charge in [0.1, 0.15) is 12.3 Å². The van der Waals surface area contributed by atoms with Crippen molar-refractivity contribution in [3.05, 3.63) is 51.7 Å². The molecule has 2 aliphatic rings. The number of methoxy groups -OCH3 is 1. The lowest BCUT2D eigenvalue weighted by Gasteiger charge is -2.26. The summed E-state index contributed by atoms with van der Waals surface area (Å²) in [5.41, 5.74) is 1.77. The number of hydrogen-bond acceptors (Lipinski definition) is 5. The monoisotopic (exact) mass is 535 g/mol. The molecule has 7 nitrogen and oxygen atoms in total. The van der Waals surface area contributed by atoms with Crippen LogP contribution in [0, 0.1) is 13.8 Å². The third-order valence-corrected chi connectivity index (χ3v) is 7.63. The number of nitrogens with zero attached hydrogens (tertiary/aromatic N) is 2. The first-order valence-electron chi connectivity index (χ1n) is 12.0. The average Bonchev–Trinajstić information content (AvgIpc) is 3.27. The highest BCUT2D eigenvalue weighted by molar-refractivity contribution is 8.18. The van der Waals surface area contributed by atoms with Crippen molar-refractivity contribution in [2.45, 2.75) is 58.2 Å². The first-order chi connectivity index (χ1) is 17.5. The van der Waals surface area contributed by atoms with Crippen molar-refractivity contribution < 1.29 is 32.3 Å². The minimum absolute atomic E-state index is 0.0173. The van der Waals surface area contributed by atoms with Gasteiger partial charge in [-0.3, -0.25) is 19.3 Å². The van der Waals surface area contributed by atoms with Gasteiger partial charge >= 0.3 is 6.18 Å². The number of amides is 3. The second-order valence-electron chi connectivity index (χ2n) is 9.22. The maximum atomic E-state index is 13.1. The quantitative estimate of drug-likeness (QED) is 0.439. The van der Waals surface area contributed by atoms with Crippen molar-refractivity contribution in [1.82, 2.24) is 9.47 Å². The number of benzene rings is 1. The van der Waals surface area contributed by atoms with Crippen LogP contribution in [0.2, 0.25) is 0 Å². The number of thioether (sulfide) groups is 1. The van der Waals surface area contributed by atoms with Crippen molar-refractivity contribution in [3.8, 4) is 5.75 Å². The highest BCUT2D eigenvalue weighted by Crippen LogP contribution is 2.37. The van der Waals surface area contributed by atoms with E-state index in [0.29, 0.717) is 6.04 Å². The van der Waals surface area contributed by atoms with E-state index in [1.54, 1.807) is 6.08 Å². The van der Waals surface area contributed by atoms with E-state index in [4.69, 9.17) is 4.74 Å². The zero-order chi connectivity index (χ0) is 26.9. The van der Waals surface area contributed by atoms with E-state index >= 15 is 0 Å². The summed E-state index contributed by atoms with van der Waals surface area (Å²) in [6.45, 7) is 3.38. The van der Waals surface area contributed by atoms with Crippen LogP contribution in [0.3, 0.4) is 0 Å². The second kappa shape index (κ2) is 10.6. The minimum atomic E-state index is -4.62. The molecule has 0 bridgehead atoms. The van der Waals surface area contributed by atoms with Gasteiger partial charge in [-0.05, 0) is 74.4 Å². The number of aromatic nitrogens is 1. The summed E-state index contributed by atoms with van der Waals surface area (Å²) in [6.07, 6.45) is 2.88. The maximum absolute atomic E-state index is 13.1. The molecule has 2 heterocycles. The van der Waals surface area contributed by atoms with E-state index in [-0.39, 0.29) is 16.3 Å². The first-order valence-corrected chi connectivity index (χ1v) is 12.8. The Kier molecular flexibility index (Phi) is 7.72. The van der Waals surface area contributed by atoms with Crippen LogP contribution in [-0.4, -0.2) is 40.2 Å². The molecule has 4 rings (SSSR count). The van der Waals surface area contributed by atoms with Crippen LogP contribution in [0.4, 0.5) is 23.7 Å². The van der Waals surface area contributed by atoms with Crippen molar-refractivity contribution >= 4 is 40.6 Å². The van der Waals surface area contributed by atoms with Gasteiger partial charge in [-0.25, -0.2) is 0 Å². The molecule has 1 saturated carbocycles. The predicted octanol–water partition coefficient (Wildman–Crippen LogP) is 6.31. The van der Waals surface area contributed by atoms with Crippen LogP contribution in [-0.2, 0) is 15.8 Å². The smallest absolute Gasteiger partial charge is 0.416 e. The molecular weight excluding hydrogens is 507 g/mol. The zero-order valence-corrected chi connectivity index (χ0v) is 21.6. The summed E-state index contributed by atoms with van der Waals surface area (Å²) < 4.78 is 46.6. The molecule has 0 unspecified atom stereocenters. The Morgan fingerprint density at radius 2 is 1.86 bits per heavy atom. The van der Waals surface area contributed by atoms with Gasteiger partial charge in [0.2, 0.25) is 5.91 Å². The number of alkyl halides is 3. The number of anilines is 1. The fourth-order valence-electron chi connectivity index (χ4n) is 4.94. The SMILES string of the molecule is COc1ccc(C(F)(F)F)cc1NC(=O)CN1C(=O)S/C(=C\c2cc(C)n(C3CCCCC3)c2C)C1=O. The molecule has 1 aromatic carbocycles. The molecule has 1 N–H and O–H groups in total. The number of hydrogen-bond donors (Lipinski definition) is 1. The van der Waals surface area contributed by atoms with Crippen molar-refractivity contribution in [2.24, 2.45) is 0 Å². The van der Waals surface area contributed by atoms with E-state index in [9.17, 15) is 27.6 Å². The van der Waals surface area contributed by atoms with Crippen LogP contribution in [0.15, 0.2) is 29.2 Å². The highest BCUT2D eigenvalue weighted by atomic mass is 32.2. The molecule has 0 spiro atoms. The van der Waals surface area contributed by atoms with Gasteiger partial charge < -0.3 is 14.6 Å². The molecule has 0 radical (unpaired) electrons. The number of carbonyl (C=O) groups excluding carboxylic acids is 3. The standard InChI is InChI=1S/C26H28F3N3O4S/c1-15-11-17(16(2)32(15)19-7-5-4-6-8-19)12-22-24(34)31(25(35)37-22)14-23(33)30-20-13-18(26(27,28)29)9-10-21(20)36-3/h9-13,19H,4-8,14H2,1-3H3,(H,30,33)/b22-12-. The van der Waals surface area contributed by atoms with E-state index < -0.39 is 35.3 Å². The van der Waals surface area contributed by atoms with Crippen LogP contribution < -0.4 is 10.1 Å². The van der Waals surface area contributed by atoms with E-state index in [2.05, 4.69) is 9.88 Å². The number of nitrogens with one attached hydrogen (secondary N) is 1. The molecule has 198 valence electrons. The topological polar surface area (TPSA) is 80.6 Å². The molecule has 1 aromatic heterocycles. The maximum Gasteiger partial charge on any atom is 0.416 e. The summed E-state index contributed by atoms with van der Waals surface area (Å²) >= 11 is 0.734. The fourth-order valence-corrected chi connectivity index (χ4v) is 5.77. The Morgan fingerprint density at radius 1 is 1.16 bits per heavy atom. The number of carbonyl (C=O) groups is 3. The molecule has 2 aromatic rings. The van der Waals surface area contributed by atoms with Gasteiger partial charge in [-0.2, -0.15) is 13.2 Å². The Morgan fingerprint density at radius 3 is 2.51 bits per heavy atom. The second-order valence-corrected chi connectivity index (χ2v) is 10.2. The third kappa shape index (κ3) is 5.71. The molecular formula is C26H28F3N3O4S. The van der Waals surface area contributed by atoms with E-state index in [1.165, 1.54) is 26.4 Å². The van der Waals surface area contributed by atoms with Gasteiger partial charge in [0, 0.05) is 17.4 Å². The molecule has 0 atom stereocenters. The van der Waals surface area contributed by atoms with Crippen molar-refractivity contribution in [1.29, 1.82) is 0 Å². The molecule has 3 amide bonds. The lowest BCUT2D eigenvalue weighted by atomic mass is 9.95. The number of imide groups is 1.